The number of fused-ring (bicyclic) bond motifs is 1. The van der Waals surface area contributed by atoms with E-state index in [0.29, 0.717) is 37.6 Å². The summed E-state index contributed by atoms with van der Waals surface area (Å²) in [5.41, 5.74) is 9.65. The molecule has 0 saturated carbocycles. The lowest BCUT2D eigenvalue weighted by molar-refractivity contribution is -0.134. The second kappa shape index (κ2) is 11.1. The van der Waals surface area contributed by atoms with Crippen LogP contribution in [0.2, 0.25) is 0 Å². The van der Waals surface area contributed by atoms with Crippen LogP contribution in [0.1, 0.15) is 43.5 Å². The van der Waals surface area contributed by atoms with Gasteiger partial charge >= 0.3 is 6.01 Å². The van der Waals surface area contributed by atoms with Crippen LogP contribution in [0.5, 0.6) is 6.01 Å². The predicted octanol–water partition coefficient (Wildman–Crippen LogP) is 1.78. The number of carbonyl (C=O) groups is 1. The number of pyridine rings is 1. The predicted molar refractivity (Wildman–Crippen MR) is 139 cm³/mol. The molecule has 0 aromatic carbocycles. The lowest BCUT2D eigenvalue weighted by Crippen LogP contribution is -2.56. The summed E-state index contributed by atoms with van der Waals surface area (Å²) < 4.78 is 7.37. The second-order valence-corrected chi connectivity index (χ2v) is 9.75. The summed E-state index contributed by atoms with van der Waals surface area (Å²) in [6.45, 7) is 9.48. The second-order valence-electron chi connectivity index (χ2n) is 9.75. The normalized spacial score (nSPS) is 16.2. The molecule has 0 bridgehead atoms. The van der Waals surface area contributed by atoms with Crippen LogP contribution in [-0.2, 0) is 11.2 Å². The molecule has 0 spiro atoms. The number of unbranched alkanes of at least 4 members (excludes halogenated alkanes) is 1. The van der Waals surface area contributed by atoms with Gasteiger partial charge in [0.1, 0.15) is 5.82 Å². The lowest BCUT2D eigenvalue weighted by atomic mass is 10.1. The fourth-order valence-corrected chi connectivity index (χ4v) is 4.56. The largest absolute Gasteiger partial charge is 0.462 e. The van der Waals surface area contributed by atoms with Crippen molar-refractivity contribution in [2.45, 2.75) is 46.1 Å². The number of anilines is 2. The molecule has 1 fully saturated rings. The molecule has 1 amide bonds. The number of nitrogen functional groups attached to an aromatic ring is 1. The maximum Gasteiger partial charge on any atom is 0.336 e. The lowest BCUT2D eigenvalue weighted by Gasteiger charge is -2.41. The number of aromatic nitrogens is 5. The smallest absolute Gasteiger partial charge is 0.336 e. The van der Waals surface area contributed by atoms with Gasteiger partial charge in [-0.1, -0.05) is 19.4 Å². The molecule has 1 atom stereocenters. The third-order valence-electron chi connectivity index (χ3n) is 6.36. The van der Waals surface area contributed by atoms with Gasteiger partial charge in [-0.15, -0.1) is 5.10 Å². The Morgan fingerprint density at radius 1 is 1.25 bits per heavy atom. The van der Waals surface area contributed by atoms with Gasteiger partial charge in [0.05, 0.1) is 25.0 Å². The van der Waals surface area contributed by atoms with Crippen molar-refractivity contribution in [3.05, 3.63) is 35.3 Å². The van der Waals surface area contributed by atoms with Crippen LogP contribution in [0, 0.1) is 6.92 Å². The van der Waals surface area contributed by atoms with Crippen LogP contribution < -0.4 is 15.4 Å². The van der Waals surface area contributed by atoms with Gasteiger partial charge in [-0.25, -0.2) is 14.5 Å². The molecule has 4 rings (SSSR count). The zero-order valence-corrected chi connectivity index (χ0v) is 21.9. The highest BCUT2D eigenvalue weighted by atomic mass is 16.5. The van der Waals surface area contributed by atoms with Gasteiger partial charge < -0.3 is 25.2 Å². The van der Waals surface area contributed by atoms with Crippen molar-refractivity contribution in [2.24, 2.45) is 0 Å². The third-order valence-corrected chi connectivity index (χ3v) is 6.36. The first-order valence-corrected chi connectivity index (χ1v) is 12.5. The first kappa shape index (κ1) is 25.6. The van der Waals surface area contributed by atoms with Crippen LogP contribution in [0.15, 0.2) is 18.5 Å². The fourth-order valence-electron chi connectivity index (χ4n) is 4.56. The summed E-state index contributed by atoms with van der Waals surface area (Å²) in [6.07, 6.45) is 6.22. The summed E-state index contributed by atoms with van der Waals surface area (Å²) >= 11 is 0. The van der Waals surface area contributed by atoms with Crippen molar-refractivity contribution >= 4 is 23.2 Å². The number of likely N-dealkylation sites (N-methyl/N-ethyl adjacent to an activating group) is 1. The van der Waals surface area contributed by atoms with Crippen LogP contribution in [0.25, 0.3) is 5.65 Å². The Kier molecular flexibility index (Phi) is 7.88. The summed E-state index contributed by atoms with van der Waals surface area (Å²) in [4.78, 5) is 32.1. The van der Waals surface area contributed by atoms with Crippen molar-refractivity contribution in [2.75, 3.05) is 57.5 Å². The minimum absolute atomic E-state index is 0.129. The van der Waals surface area contributed by atoms with Gasteiger partial charge in [-0.2, -0.15) is 4.98 Å². The van der Waals surface area contributed by atoms with Gasteiger partial charge in [0.15, 0.2) is 11.5 Å². The Bertz CT molecular complexity index is 1210. The number of nitrogens with two attached hydrogens (primary N) is 1. The number of hydrogen-bond acceptors (Lipinski definition) is 9. The van der Waals surface area contributed by atoms with E-state index in [9.17, 15) is 4.79 Å². The van der Waals surface area contributed by atoms with Crippen molar-refractivity contribution in [3.63, 3.8) is 0 Å². The maximum atomic E-state index is 12.5. The first-order chi connectivity index (χ1) is 17.3. The number of ether oxygens (including phenoxy) is 1. The number of hydrogen-bond donors (Lipinski definition) is 1. The Labute approximate surface area is 212 Å². The average molecular weight is 496 g/mol. The molecular formula is C25H37N9O2. The average Bonchev–Trinajstić information content (AvgIpc) is 3.22. The molecule has 11 heteroatoms. The number of nitrogens with zero attached hydrogens (tertiary/aromatic N) is 8. The molecule has 1 saturated heterocycles. The summed E-state index contributed by atoms with van der Waals surface area (Å²) in [6, 6.07) is 2.54. The minimum atomic E-state index is 0.129. The first-order valence-electron chi connectivity index (χ1n) is 12.5. The van der Waals surface area contributed by atoms with Crippen molar-refractivity contribution < 1.29 is 9.53 Å². The number of carbonyl (C=O) groups excluding carboxylic acids is 1. The van der Waals surface area contributed by atoms with E-state index in [0.717, 1.165) is 48.6 Å². The van der Waals surface area contributed by atoms with E-state index in [4.69, 9.17) is 15.5 Å². The summed E-state index contributed by atoms with van der Waals surface area (Å²) in [7, 11) is 3.84. The summed E-state index contributed by atoms with van der Waals surface area (Å²) in [5.74, 6) is 1.43. The molecule has 4 heterocycles. The molecule has 3 aromatic rings. The van der Waals surface area contributed by atoms with E-state index in [2.05, 4.69) is 46.8 Å². The van der Waals surface area contributed by atoms with E-state index in [1.54, 1.807) is 10.7 Å². The number of imidazole rings is 1. The Morgan fingerprint density at radius 2 is 2.06 bits per heavy atom. The highest BCUT2D eigenvalue weighted by molar-refractivity contribution is 5.79. The number of aryl methyl sites for hydroxylation is 1. The van der Waals surface area contributed by atoms with Gasteiger partial charge in [0.2, 0.25) is 5.91 Å². The van der Waals surface area contributed by atoms with Crippen LogP contribution in [0.3, 0.4) is 0 Å². The van der Waals surface area contributed by atoms with Gasteiger partial charge in [-0.05, 0) is 45.5 Å². The molecule has 11 nitrogen and oxygen atoms in total. The maximum absolute atomic E-state index is 12.5. The van der Waals surface area contributed by atoms with Crippen molar-refractivity contribution in [1.82, 2.24) is 34.4 Å². The van der Waals surface area contributed by atoms with E-state index in [1.165, 1.54) is 0 Å². The number of rotatable bonds is 9. The van der Waals surface area contributed by atoms with E-state index >= 15 is 0 Å². The van der Waals surface area contributed by atoms with E-state index < -0.39 is 0 Å². The van der Waals surface area contributed by atoms with Crippen LogP contribution in [0.4, 0.5) is 11.6 Å². The molecule has 0 aliphatic carbocycles. The van der Waals surface area contributed by atoms with Gasteiger partial charge in [-0.3, -0.25) is 4.79 Å². The summed E-state index contributed by atoms with van der Waals surface area (Å²) in [5, 5.41) is 4.50. The molecule has 3 aromatic heterocycles. The topological polar surface area (TPSA) is 118 Å². The zero-order valence-electron chi connectivity index (χ0n) is 21.9. The van der Waals surface area contributed by atoms with Gasteiger partial charge in [0.25, 0.3) is 0 Å². The Balaban J connectivity index is 1.47. The molecular weight excluding hydrogens is 458 g/mol. The fraction of sp³-hybridized carbons (Fsp3) is 0.560. The minimum Gasteiger partial charge on any atom is -0.462 e. The van der Waals surface area contributed by atoms with E-state index in [1.807, 2.05) is 30.1 Å². The van der Waals surface area contributed by atoms with Crippen LogP contribution >= 0.6 is 0 Å². The molecule has 194 valence electrons. The van der Waals surface area contributed by atoms with Crippen molar-refractivity contribution in [1.29, 1.82) is 0 Å². The highest BCUT2D eigenvalue weighted by Gasteiger charge is 2.28. The standard InChI is InChI=1S/C25H37N9O2/c1-6-7-10-36-25-29-22(26)24-28-14-20(34(24)30-25)12-19-11-17(2)23(27-13-19)32-8-9-33(18(3)15-32)21(35)16-31(4)5/h11,13-14,18H,6-10,12,15-16H2,1-5H3,(H2,26,29,30). The van der Waals surface area contributed by atoms with Crippen molar-refractivity contribution in [3.8, 4) is 6.01 Å². The van der Waals surface area contributed by atoms with E-state index in [-0.39, 0.29) is 18.0 Å². The molecule has 1 aliphatic rings. The molecule has 0 radical (unpaired) electrons. The molecule has 1 aliphatic heterocycles. The number of amides is 1. The monoisotopic (exact) mass is 495 g/mol. The van der Waals surface area contributed by atoms with Crippen LogP contribution in [-0.4, -0.2) is 93.2 Å². The zero-order chi connectivity index (χ0) is 25.8. The molecule has 1 unspecified atom stereocenters. The Hall–Kier alpha value is -3.47. The third kappa shape index (κ3) is 5.67. The highest BCUT2D eigenvalue weighted by Crippen LogP contribution is 2.24. The Morgan fingerprint density at radius 3 is 2.75 bits per heavy atom. The number of piperazine rings is 1. The molecule has 36 heavy (non-hydrogen) atoms. The van der Waals surface area contributed by atoms with Gasteiger partial charge in [0, 0.05) is 38.3 Å². The molecule has 2 N–H and O–H groups in total. The SMILES string of the molecule is CCCCOc1nc(N)c2ncc(Cc3cnc(N4CCN(C(=O)CN(C)C)C(C)C4)c(C)c3)n2n1. The quantitative estimate of drug-likeness (QED) is 0.443.